The second kappa shape index (κ2) is 18.6. The van der Waals surface area contributed by atoms with Crippen LogP contribution >= 0.6 is 0 Å². The summed E-state index contributed by atoms with van der Waals surface area (Å²) in [6, 6.07) is 26.7. The van der Waals surface area contributed by atoms with E-state index in [1.54, 1.807) is 0 Å². The highest BCUT2D eigenvalue weighted by atomic mass is 14.5. The molecule has 0 unspecified atom stereocenters. The molecule has 248 valence electrons. The summed E-state index contributed by atoms with van der Waals surface area (Å²) in [4.78, 5) is 0. The Bertz CT molecular complexity index is 1740. The lowest BCUT2D eigenvalue weighted by atomic mass is 9.68. The van der Waals surface area contributed by atoms with E-state index in [1.165, 1.54) is 61.2 Å². The van der Waals surface area contributed by atoms with E-state index >= 15 is 0 Å². The van der Waals surface area contributed by atoms with Gasteiger partial charge < -0.3 is 0 Å². The molecule has 2 aliphatic carbocycles. The van der Waals surface area contributed by atoms with Crippen molar-refractivity contribution in [2.45, 2.75) is 80.1 Å². The van der Waals surface area contributed by atoms with Crippen molar-refractivity contribution in [3.63, 3.8) is 0 Å². The van der Waals surface area contributed by atoms with E-state index in [2.05, 4.69) is 169 Å². The van der Waals surface area contributed by atoms with Crippen molar-refractivity contribution in [2.75, 3.05) is 0 Å². The third kappa shape index (κ3) is 7.71. The Morgan fingerprint density at radius 2 is 1.46 bits per heavy atom. The third-order valence-electron chi connectivity index (χ3n) is 8.97. The summed E-state index contributed by atoms with van der Waals surface area (Å²) >= 11 is 0. The van der Waals surface area contributed by atoms with Crippen LogP contribution in [0.4, 0.5) is 0 Å². The first-order valence-corrected chi connectivity index (χ1v) is 17.7. The molecule has 0 N–H and O–H groups in total. The van der Waals surface area contributed by atoms with Gasteiger partial charge in [0, 0.05) is 0 Å². The SMILES string of the molecule is C/C=C(C)\C=C/CC.C=C/C=C1/C(/C=C\C)=C(CC)C2(/C1=C/Cc1cccc(C(=C)/C=C\C)c1)c1ccccc1-c1ccccc12.CC. The van der Waals surface area contributed by atoms with Gasteiger partial charge in [-0.2, -0.15) is 0 Å². The Morgan fingerprint density at radius 3 is 2.00 bits per heavy atom. The maximum absolute atomic E-state index is 4.25. The van der Waals surface area contributed by atoms with Gasteiger partial charge in [-0.1, -0.05) is 180 Å². The Hall–Kier alpha value is -4.68. The van der Waals surface area contributed by atoms with E-state index in [1.807, 2.05) is 32.9 Å². The highest BCUT2D eigenvalue weighted by Gasteiger charge is 2.53. The summed E-state index contributed by atoms with van der Waals surface area (Å²) in [5.74, 6) is 0. The minimum absolute atomic E-state index is 0.308. The Balaban J connectivity index is 0.000000550. The van der Waals surface area contributed by atoms with Crippen LogP contribution in [0.5, 0.6) is 0 Å². The molecule has 5 rings (SSSR count). The molecule has 0 aliphatic heterocycles. The van der Waals surface area contributed by atoms with Crippen LogP contribution in [-0.2, 0) is 11.8 Å². The second-order valence-electron chi connectivity index (χ2n) is 11.8. The molecule has 1 spiro atoms. The summed E-state index contributed by atoms with van der Waals surface area (Å²) in [5, 5.41) is 0. The van der Waals surface area contributed by atoms with Gasteiger partial charge >= 0.3 is 0 Å². The van der Waals surface area contributed by atoms with E-state index in [-0.39, 0.29) is 5.41 Å². The van der Waals surface area contributed by atoms with Crippen molar-refractivity contribution in [3.05, 3.63) is 197 Å². The van der Waals surface area contributed by atoms with Gasteiger partial charge in [-0.05, 0) is 108 Å². The highest BCUT2D eigenvalue weighted by molar-refractivity contribution is 5.90. The van der Waals surface area contributed by atoms with Crippen molar-refractivity contribution >= 4 is 5.57 Å². The summed E-state index contributed by atoms with van der Waals surface area (Å²) in [5.41, 5.74) is 15.4. The monoisotopic (exact) mass is 632 g/mol. The molecule has 48 heavy (non-hydrogen) atoms. The lowest BCUT2D eigenvalue weighted by Crippen LogP contribution is -2.27. The van der Waals surface area contributed by atoms with Gasteiger partial charge in [0.15, 0.2) is 0 Å². The zero-order chi connectivity index (χ0) is 35.1. The molecule has 0 heteroatoms. The molecule has 2 aliphatic rings. The lowest BCUT2D eigenvalue weighted by molar-refractivity contribution is 0.725. The predicted octanol–water partition coefficient (Wildman–Crippen LogP) is 14.1. The summed E-state index contributed by atoms with van der Waals surface area (Å²) in [6.07, 6.45) is 24.5. The van der Waals surface area contributed by atoms with Crippen molar-refractivity contribution in [2.24, 2.45) is 0 Å². The van der Waals surface area contributed by atoms with E-state index in [0.29, 0.717) is 0 Å². The van der Waals surface area contributed by atoms with Gasteiger partial charge in [-0.25, -0.2) is 0 Å². The summed E-state index contributed by atoms with van der Waals surface area (Å²) < 4.78 is 0. The van der Waals surface area contributed by atoms with Gasteiger partial charge in [0.1, 0.15) is 0 Å². The average molecular weight is 633 g/mol. The zero-order valence-corrected chi connectivity index (χ0v) is 30.7. The number of hydrogen-bond acceptors (Lipinski definition) is 0. The number of fused-ring (bicyclic) bond motifs is 5. The maximum Gasteiger partial charge on any atom is 0.0685 e. The fourth-order valence-electron chi connectivity index (χ4n) is 6.91. The first-order chi connectivity index (χ1) is 23.4. The molecule has 0 amide bonds. The summed E-state index contributed by atoms with van der Waals surface area (Å²) in [6.45, 7) is 25.1. The zero-order valence-electron chi connectivity index (χ0n) is 30.7. The lowest BCUT2D eigenvalue weighted by Gasteiger charge is -2.33. The van der Waals surface area contributed by atoms with Crippen LogP contribution in [0.3, 0.4) is 0 Å². The van der Waals surface area contributed by atoms with Crippen LogP contribution in [0.25, 0.3) is 16.7 Å². The summed E-state index contributed by atoms with van der Waals surface area (Å²) in [7, 11) is 0. The van der Waals surface area contributed by atoms with E-state index in [9.17, 15) is 0 Å². The number of allylic oxidation sites excluding steroid dienone is 16. The minimum Gasteiger partial charge on any atom is -0.0990 e. The molecule has 0 nitrogen and oxygen atoms in total. The smallest absolute Gasteiger partial charge is 0.0685 e. The van der Waals surface area contributed by atoms with E-state index in [4.69, 9.17) is 0 Å². The fourth-order valence-corrected chi connectivity index (χ4v) is 6.91. The second-order valence-corrected chi connectivity index (χ2v) is 11.8. The highest BCUT2D eigenvalue weighted by Crippen LogP contribution is 2.63. The number of benzene rings is 3. The molecular weight excluding hydrogens is 577 g/mol. The van der Waals surface area contributed by atoms with Gasteiger partial charge in [-0.15, -0.1) is 0 Å². The first-order valence-electron chi connectivity index (χ1n) is 17.7. The topological polar surface area (TPSA) is 0 Å². The minimum atomic E-state index is -0.308. The molecule has 0 bridgehead atoms. The van der Waals surface area contributed by atoms with Crippen LogP contribution < -0.4 is 0 Å². The number of hydrogen-bond donors (Lipinski definition) is 0. The van der Waals surface area contributed by atoms with Gasteiger partial charge in [-0.3, -0.25) is 0 Å². The Kier molecular flexibility index (Phi) is 14.6. The van der Waals surface area contributed by atoms with Gasteiger partial charge in [0.2, 0.25) is 0 Å². The van der Waals surface area contributed by atoms with E-state index < -0.39 is 0 Å². The van der Waals surface area contributed by atoms with Crippen LogP contribution in [-0.4, -0.2) is 0 Å². The molecule has 0 atom stereocenters. The van der Waals surface area contributed by atoms with Crippen LogP contribution in [0.1, 0.15) is 90.5 Å². The largest absolute Gasteiger partial charge is 0.0990 e. The van der Waals surface area contributed by atoms with Crippen LogP contribution in [0.2, 0.25) is 0 Å². The molecule has 0 saturated heterocycles. The average Bonchev–Trinajstić information content (AvgIpc) is 3.56. The maximum atomic E-state index is 4.25. The molecule has 3 aromatic rings. The van der Waals surface area contributed by atoms with Gasteiger partial charge in [0.05, 0.1) is 5.41 Å². The number of rotatable bonds is 9. The Labute approximate surface area is 292 Å². The van der Waals surface area contributed by atoms with Crippen molar-refractivity contribution in [1.29, 1.82) is 0 Å². The molecule has 0 fully saturated rings. The Morgan fingerprint density at radius 1 is 0.812 bits per heavy atom. The fraction of sp³-hybridized carbons (Fsp3) is 0.250. The molecule has 3 aromatic carbocycles. The van der Waals surface area contributed by atoms with Gasteiger partial charge in [0.25, 0.3) is 0 Å². The third-order valence-corrected chi connectivity index (χ3v) is 8.97. The quantitative estimate of drug-likeness (QED) is 0.206. The first kappa shape index (κ1) is 37.8. The normalized spacial score (nSPS) is 16.4. The molecule has 0 saturated carbocycles. The van der Waals surface area contributed by atoms with E-state index in [0.717, 1.165) is 24.8 Å². The molecule has 0 heterocycles. The standard InChI is InChI=1S/C38H36.C8H14.C2H6/c1-6-15-27(5)29-19-14-18-28(26-29)24-25-37-31(17-8-3)30(16-7-2)34(9-4)38(37)35-22-12-10-20-32(35)33-21-11-13-23-36(33)38;1-4-6-7-8(3)5-2;1-2/h6-8,10-23,25-26H,3,5,9,24H2,1-2,4H3;5-7H,4H2,1-3H3;1-2H3/b15-6-,16-7-,31-17-,37-25+;7-6-,8-5-;. The van der Waals surface area contributed by atoms with Crippen LogP contribution in [0.15, 0.2) is 175 Å². The van der Waals surface area contributed by atoms with Crippen molar-refractivity contribution < 1.29 is 0 Å². The van der Waals surface area contributed by atoms with Crippen LogP contribution in [0, 0.1) is 0 Å². The van der Waals surface area contributed by atoms with Crippen molar-refractivity contribution in [3.8, 4) is 11.1 Å². The van der Waals surface area contributed by atoms with Crippen molar-refractivity contribution in [1.82, 2.24) is 0 Å². The molecule has 0 aromatic heterocycles. The predicted molar refractivity (Wildman–Crippen MR) is 215 cm³/mol. The molecule has 0 radical (unpaired) electrons. The molecular formula is C48H56.